The molecule has 2 aliphatic rings. The van der Waals surface area contributed by atoms with Crippen molar-refractivity contribution in [3.8, 4) is 11.8 Å². The predicted octanol–water partition coefficient (Wildman–Crippen LogP) is 2.16. The van der Waals surface area contributed by atoms with E-state index >= 15 is 0 Å². The maximum Gasteiger partial charge on any atom is 0.258 e. The summed E-state index contributed by atoms with van der Waals surface area (Å²) in [5.74, 6) is -0.800. The van der Waals surface area contributed by atoms with Crippen molar-refractivity contribution >= 4 is 5.91 Å². The van der Waals surface area contributed by atoms with Gasteiger partial charge in [0.25, 0.3) is 5.91 Å². The molecule has 0 aromatic heterocycles. The van der Waals surface area contributed by atoms with Crippen LogP contribution in [0.4, 0.5) is 4.39 Å². The van der Waals surface area contributed by atoms with Crippen molar-refractivity contribution in [1.82, 2.24) is 4.90 Å². The summed E-state index contributed by atoms with van der Waals surface area (Å²) in [5.41, 5.74) is 0.342. The monoisotopic (exact) mass is 304 g/mol. The minimum absolute atomic E-state index is 0.0292. The van der Waals surface area contributed by atoms with E-state index in [2.05, 4.69) is 6.07 Å². The van der Waals surface area contributed by atoms with Crippen LogP contribution < -0.4 is 4.74 Å². The number of benzene rings is 1. The lowest BCUT2D eigenvalue weighted by atomic mass is 9.91. The molecular weight excluding hydrogens is 287 g/mol. The Morgan fingerprint density at radius 2 is 2.05 bits per heavy atom. The van der Waals surface area contributed by atoms with E-state index in [1.165, 1.54) is 18.1 Å². The molecule has 3 rings (SSSR count). The Bertz CT molecular complexity index is 648. The van der Waals surface area contributed by atoms with Gasteiger partial charge in [-0.2, -0.15) is 5.26 Å². The summed E-state index contributed by atoms with van der Waals surface area (Å²) in [4.78, 5) is 14.1. The summed E-state index contributed by atoms with van der Waals surface area (Å²) in [6.45, 7) is 0. The molecule has 0 radical (unpaired) electrons. The minimum Gasteiger partial charge on any atom is -0.497 e. The number of carbonyl (C=O) groups is 1. The number of aliphatic hydroxyl groups excluding tert-OH is 1. The minimum atomic E-state index is -0.799. The molecule has 1 saturated carbocycles. The summed E-state index contributed by atoms with van der Waals surface area (Å²) < 4.78 is 19.3. The van der Waals surface area contributed by atoms with Crippen LogP contribution in [0.2, 0.25) is 0 Å². The number of amides is 1. The molecule has 0 spiro atoms. The quantitative estimate of drug-likeness (QED) is 0.908. The van der Waals surface area contributed by atoms with Gasteiger partial charge in [0.1, 0.15) is 17.6 Å². The van der Waals surface area contributed by atoms with Crippen molar-refractivity contribution in [1.29, 1.82) is 5.26 Å². The van der Waals surface area contributed by atoms with Crippen LogP contribution in [-0.4, -0.2) is 35.2 Å². The van der Waals surface area contributed by atoms with E-state index in [-0.39, 0.29) is 17.7 Å². The molecule has 1 unspecified atom stereocenters. The second-order valence-electron chi connectivity index (χ2n) is 5.78. The highest BCUT2D eigenvalue weighted by Gasteiger charge is 2.43. The number of ether oxygens (including phenoxy) is 1. The molecule has 1 aromatic rings. The number of fused-ring (bicyclic) bond motifs is 1. The van der Waals surface area contributed by atoms with Crippen LogP contribution >= 0.6 is 0 Å². The largest absolute Gasteiger partial charge is 0.497 e. The Morgan fingerprint density at radius 3 is 2.64 bits per heavy atom. The fourth-order valence-electron chi connectivity index (χ4n) is 3.40. The maximum absolute atomic E-state index is 14.2. The predicted molar refractivity (Wildman–Crippen MR) is 75.7 cm³/mol. The number of hydrogen-bond acceptors (Lipinski definition) is 4. The Kier molecular flexibility index (Phi) is 3.75. The summed E-state index contributed by atoms with van der Waals surface area (Å²) in [6, 6.07) is 3.89. The Labute approximate surface area is 127 Å². The summed E-state index contributed by atoms with van der Waals surface area (Å²) >= 11 is 0. The van der Waals surface area contributed by atoms with E-state index < -0.39 is 17.8 Å². The lowest BCUT2D eigenvalue weighted by molar-refractivity contribution is 0.0477. The number of nitrogens with zero attached hydrogens (tertiary/aromatic N) is 2. The molecule has 1 aromatic carbocycles. The van der Waals surface area contributed by atoms with Crippen molar-refractivity contribution in [3.05, 3.63) is 29.1 Å². The zero-order chi connectivity index (χ0) is 15.9. The molecule has 1 fully saturated rings. The number of rotatable bonds is 2. The van der Waals surface area contributed by atoms with Crippen LogP contribution in [-0.2, 0) is 0 Å². The fraction of sp³-hybridized carbons (Fsp3) is 0.500. The van der Waals surface area contributed by atoms with E-state index in [1.807, 2.05) is 0 Å². The summed E-state index contributed by atoms with van der Waals surface area (Å²) in [7, 11) is 1.42. The molecule has 1 aliphatic carbocycles. The number of methoxy groups -OCH3 is 1. The van der Waals surface area contributed by atoms with Gasteiger partial charge in [-0.1, -0.05) is 0 Å². The lowest BCUT2D eigenvalue weighted by Gasteiger charge is -2.34. The van der Waals surface area contributed by atoms with Crippen molar-refractivity contribution in [2.45, 2.75) is 43.9 Å². The molecule has 1 amide bonds. The van der Waals surface area contributed by atoms with Gasteiger partial charge in [0.05, 0.1) is 24.8 Å². The number of halogens is 1. The Morgan fingerprint density at radius 1 is 1.36 bits per heavy atom. The van der Waals surface area contributed by atoms with Gasteiger partial charge in [-0.3, -0.25) is 4.79 Å². The zero-order valence-corrected chi connectivity index (χ0v) is 12.3. The molecule has 1 atom stereocenters. The summed E-state index contributed by atoms with van der Waals surface area (Å²) in [5, 5.41) is 19.1. The SMILES string of the molecule is COc1cc(F)c2c(c1)C(C#N)N(C1CCC(O)CC1)C2=O. The molecule has 1 N–H and O–H groups in total. The van der Waals surface area contributed by atoms with E-state index in [0.717, 1.165) is 0 Å². The first kappa shape index (κ1) is 14.8. The average Bonchev–Trinajstić information content (AvgIpc) is 2.80. The first-order valence-corrected chi connectivity index (χ1v) is 7.34. The number of nitriles is 1. The molecule has 22 heavy (non-hydrogen) atoms. The Balaban J connectivity index is 1.99. The third kappa shape index (κ3) is 2.22. The van der Waals surface area contributed by atoms with E-state index in [9.17, 15) is 19.6 Å². The van der Waals surface area contributed by atoms with Crippen LogP contribution in [0.15, 0.2) is 12.1 Å². The van der Waals surface area contributed by atoms with Crippen molar-refractivity contribution in [2.24, 2.45) is 0 Å². The maximum atomic E-state index is 14.2. The number of hydrogen-bond donors (Lipinski definition) is 1. The van der Waals surface area contributed by atoms with Gasteiger partial charge in [0, 0.05) is 17.7 Å². The van der Waals surface area contributed by atoms with Crippen molar-refractivity contribution < 1.29 is 19.0 Å². The average molecular weight is 304 g/mol. The molecule has 0 bridgehead atoms. The van der Waals surface area contributed by atoms with Crippen LogP contribution in [0.5, 0.6) is 5.75 Å². The van der Waals surface area contributed by atoms with Crippen LogP contribution in [0.3, 0.4) is 0 Å². The molecule has 0 saturated heterocycles. The summed E-state index contributed by atoms with van der Waals surface area (Å²) in [6.07, 6.45) is 2.08. The smallest absolute Gasteiger partial charge is 0.258 e. The van der Waals surface area contributed by atoms with Gasteiger partial charge in [0.15, 0.2) is 0 Å². The molecule has 5 nitrogen and oxygen atoms in total. The number of aliphatic hydroxyl groups is 1. The first-order valence-electron chi connectivity index (χ1n) is 7.34. The van der Waals surface area contributed by atoms with E-state index in [1.54, 1.807) is 6.07 Å². The third-order valence-corrected chi connectivity index (χ3v) is 4.53. The van der Waals surface area contributed by atoms with Gasteiger partial charge < -0.3 is 14.7 Å². The van der Waals surface area contributed by atoms with E-state index in [0.29, 0.717) is 37.0 Å². The second-order valence-corrected chi connectivity index (χ2v) is 5.78. The molecular formula is C16H17FN2O3. The number of carbonyl (C=O) groups excluding carboxylic acids is 1. The van der Waals surface area contributed by atoms with Gasteiger partial charge in [-0.25, -0.2) is 4.39 Å². The second kappa shape index (κ2) is 5.58. The van der Waals surface area contributed by atoms with Gasteiger partial charge in [-0.15, -0.1) is 0 Å². The standard InChI is InChI=1S/C16H17FN2O3/c1-22-11-6-12-14(8-18)19(9-2-4-10(20)5-3-9)16(21)15(12)13(17)7-11/h6-7,9-10,14,20H,2-5H2,1H3. The lowest BCUT2D eigenvalue weighted by Crippen LogP contribution is -2.41. The fourth-order valence-corrected chi connectivity index (χ4v) is 3.40. The van der Waals surface area contributed by atoms with Gasteiger partial charge in [0.2, 0.25) is 0 Å². The molecule has 116 valence electrons. The van der Waals surface area contributed by atoms with Gasteiger partial charge >= 0.3 is 0 Å². The van der Waals surface area contributed by atoms with Crippen molar-refractivity contribution in [2.75, 3.05) is 7.11 Å². The normalized spacial score (nSPS) is 27.5. The Hall–Kier alpha value is -2.13. The topological polar surface area (TPSA) is 73.6 Å². The zero-order valence-electron chi connectivity index (χ0n) is 12.3. The third-order valence-electron chi connectivity index (χ3n) is 4.53. The van der Waals surface area contributed by atoms with Crippen molar-refractivity contribution in [3.63, 3.8) is 0 Å². The molecule has 6 heteroatoms. The van der Waals surface area contributed by atoms with E-state index in [4.69, 9.17) is 4.74 Å². The van der Waals surface area contributed by atoms with Crippen LogP contribution in [0.1, 0.15) is 47.6 Å². The van der Waals surface area contributed by atoms with Gasteiger partial charge in [-0.05, 0) is 31.7 Å². The van der Waals surface area contributed by atoms with Crippen LogP contribution in [0.25, 0.3) is 0 Å². The first-order chi connectivity index (χ1) is 10.6. The highest BCUT2D eigenvalue weighted by molar-refractivity contribution is 6.00. The molecule has 1 aliphatic heterocycles. The highest BCUT2D eigenvalue weighted by Crippen LogP contribution is 2.41. The highest BCUT2D eigenvalue weighted by atomic mass is 19.1. The van der Waals surface area contributed by atoms with Crippen LogP contribution in [0, 0.1) is 17.1 Å². The molecule has 1 heterocycles.